The lowest BCUT2D eigenvalue weighted by molar-refractivity contribution is -0.123. The highest BCUT2D eigenvalue weighted by molar-refractivity contribution is 5.77. The normalized spacial score (nSPS) is 17.8. The fourth-order valence-electron chi connectivity index (χ4n) is 2.16. The molecule has 1 heterocycles. The van der Waals surface area contributed by atoms with Crippen LogP contribution in [0.1, 0.15) is 12.8 Å². The first kappa shape index (κ1) is 14.7. The van der Waals surface area contributed by atoms with Crippen LogP contribution in [-0.4, -0.2) is 39.4 Å². The van der Waals surface area contributed by atoms with E-state index in [0.29, 0.717) is 24.0 Å². The summed E-state index contributed by atoms with van der Waals surface area (Å²) < 4.78 is 15.9. The molecule has 1 aromatic rings. The Labute approximate surface area is 119 Å². The second kappa shape index (κ2) is 7.75. The molecule has 1 amide bonds. The average Bonchev–Trinajstić information content (AvgIpc) is 2.98. The SMILES string of the molecule is COc1ccccc1OCC(=O)NCC[C@H]1CCOC1. The van der Waals surface area contributed by atoms with Gasteiger partial charge in [-0.25, -0.2) is 0 Å². The molecule has 110 valence electrons. The van der Waals surface area contributed by atoms with Crippen molar-refractivity contribution in [3.8, 4) is 11.5 Å². The smallest absolute Gasteiger partial charge is 0.257 e. The average molecular weight is 279 g/mol. The minimum Gasteiger partial charge on any atom is -0.493 e. The zero-order chi connectivity index (χ0) is 14.2. The van der Waals surface area contributed by atoms with E-state index < -0.39 is 0 Å². The number of hydrogen-bond acceptors (Lipinski definition) is 4. The van der Waals surface area contributed by atoms with Crippen molar-refractivity contribution < 1.29 is 19.0 Å². The van der Waals surface area contributed by atoms with Crippen LogP contribution in [0.25, 0.3) is 0 Å². The van der Waals surface area contributed by atoms with Gasteiger partial charge in [-0.05, 0) is 30.9 Å². The molecule has 20 heavy (non-hydrogen) atoms. The van der Waals surface area contributed by atoms with Crippen LogP contribution in [0.2, 0.25) is 0 Å². The number of nitrogens with one attached hydrogen (secondary N) is 1. The van der Waals surface area contributed by atoms with E-state index in [4.69, 9.17) is 14.2 Å². The predicted molar refractivity (Wildman–Crippen MR) is 75.0 cm³/mol. The van der Waals surface area contributed by atoms with Crippen molar-refractivity contribution in [2.75, 3.05) is 33.5 Å². The molecule has 0 saturated carbocycles. The number of carbonyl (C=O) groups excluding carboxylic acids is 1. The van der Waals surface area contributed by atoms with E-state index in [2.05, 4.69) is 5.32 Å². The lowest BCUT2D eigenvalue weighted by atomic mass is 10.1. The Hall–Kier alpha value is -1.75. The zero-order valence-corrected chi connectivity index (χ0v) is 11.8. The predicted octanol–water partition coefficient (Wildman–Crippen LogP) is 1.62. The van der Waals surface area contributed by atoms with Gasteiger partial charge in [0.05, 0.1) is 7.11 Å². The van der Waals surface area contributed by atoms with Gasteiger partial charge in [-0.1, -0.05) is 12.1 Å². The van der Waals surface area contributed by atoms with E-state index in [-0.39, 0.29) is 12.5 Å². The molecular weight excluding hydrogens is 258 g/mol. The Morgan fingerprint density at radius 3 is 2.90 bits per heavy atom. The van der Waals surface area contributed by atoms with Crippen molar-refractivity contribution >= 4 is 5.91 Å². The molecule has 1 aliphatic heterocycles. The fourth-order valence-corrected chi connectivity index (χ4v) is 2.16. The van der Waals surface area contributed by atoms with Crippen molar-refractivity contribution in [1.29, 1.82) is 0 Å². The molecule has 0 bridgehead atoms. The van der Waals surface area contributed by atoms with Gasteiger partial charge in [0.1, 0.15) is 0 Å². The third-order valence-electron chi connectivity index (χ3n) is 3.33. The van der Waals surface area contributed by atoms with Gasteiger partial charge in [-0.2, -0.15) is 0 Å². The summed E-state index contributed by atoms with van der Waals surface area (Å²) in [5.74, 6) is 1.66. The van der Waals surface area contributed by atoms with Crippen LogP contribution in [0.3, 0.4) is 0 Å². The molecule has 0 aromatic heterocycles. The third kappa shape index (κ3) is 4.42. The summed E-state index contributed by atoms with van der Waals surface area (Å²) in [6.45, 7) is 2.33. The first-order chi connectivity index (χ1) is 9.79. The molecule has 1 N–H and O–H groups in total. The van der Waals surface area contributed by atoms with Crippen LogP contribution in [0.4, 0.5) is 0 Å². The molecule has 1 aromatic carbocycles. The summed E-state index contributed by atoms with van der Waals surface area (Å²) in [6, 6.07) is 7.28. The van der Waals surface area contributed by atoms with Crippen molar-refractivity contribution in [1.82, 2.24) is 5.32 Å². The van der Waals surface area contributed by atoms with Crippen molar-refractivity contribution in [2.24, 2.45) is 5.92 Å². The molecule has 1 atom stereocenters. The minimum absolute atomic E-state index is 0.00153. The second-order valence-electron chi connectivity index (χ2n) is 4.81. The van der Waals surface area contributed by atoms with Crippen molar-refractivity contribution in [2.45, 2.75) is 12.8 Å². The first-order valence-corrected chi connectivity index (χ1v) is 6.90. The highest BCUT2D eigenvalue weighted by Gasteiger charge is 2.15. The number of benzene rings is 1. The molecular formula is C15H21NO4. The Kier molecular flexibility index (Phi) is 5.68. The largest absolute Gasteiger partial charge is 0.493 e. The standard InChI is InChI=1S/C15H21NO4/c1-18-13-4-2-3-5-14(13)20-11-15(17)16-8-6-12-7-9-19-10-12/h2-5,12H,6-11H2,1H3,(H,16,17)/t12-/m0/s1. The van der Waals surface area contributed by atoms with Crippen LogP contribution in [0, 0.1) is 5.92 Å². The molecule has 5 heteroatoms. The lowest BCUT2D eigenvalue weighted by Gasteiger charge is -2.11. The van der Waals surface area contributed by atoms with Gasteiger partial charge in [-0.15, -0.1) is 0 Å². The van der Waals surface area contributed by atoms with Gasteiger partial charge < -0.3 is 19.5 Å². The minimum atomic E-state index is -0.116. The van der Waals surface area contributed by atoms with Gasteiger partial charge in [0.2, 0.25) is 0 Å². The maximum Gasteiger partial charge on any atom is 0.257 e. The highest BCUT2D eigenvalue weighted by Crippen LogP contribution is 2.25. The van der Waals surface area contributed by atoms with E-state index in [0.717, 1.165) is 26.1 Å². The van der Waals surface area contributed by atoms with E-state index in [1.54, 1.807) is 19.2 Å². The summed E-state index contributed by atoms with van der Waals surface area (Å²) >= 11 is 0. The fraction of sp³-hybridized carbons (Fsp3) is 0.533. The quantitative estimate of drug-likeness (QED) is 0.824. The number of ether oxygens (including phenoxy) is 3. The number of methoxy groups -OCH3 is 1. The molecule has 0 unspecified atom stereocenters. The van der Waals surface area contributed by atoms with Gasteiger partial charge in [0.15, 0.2) is 18.1 Å². The van der Waals surface area contributed by atoms with Crippen LogP contribution in [0.15, 0.2) is 24.3 Å². The van der Waals surface area contributed by atoms with Crippen LogP contribution in [-0.2, 0) is 9.53 Å². The first-order valence-electron chi connectivity index (χ1n) is 6.90. The summed E-state index contributed by atoms with van der Waals surface area (Å²) in [5, 5.41) is 2.86. The molecule has 5 nitrogen and oxygen atoms in total. The van der Waals surface area contributed by atoms with E-state index in [1.807, 2.05) is 12.1 Å². The Morgan fingerprint density at radius 2 is 2.20 bits per heavy atom. The van der Waals surface area contributed by atoms with Gasteiger partial charge in [-0.3, -0.25) is 4.79 Å². The summed E-state index contributed by atoms with van der Waals surface area (Å²) in [4.78, 5) is 11.7. The molecule has 1 fully saturated rings. The van der Waals surface area contributed by atoms with Crippen molar-refractivity contribution in [3.05, 3.63) is 24.3 Å². The molecule has 0 radical (unpaired) electrons. The summed E-state index contributed by atoms with van der Waals surface area (Å²) in [7, 11) is 1.58. The maximum atomic E-state index is 11.7. The number of amides is 1. The number of carbonyl (C=O) groups is 1. The van der Waals surface area contributed by atoms with Crippen LogP contribution in [0.5, 0.6) is 11.5 Å². The number of hydrogen-bond donors (Lipinski definition) is 1. The van der Waals surface area contributed by atoms with E-state index in [1.165, 1.54) is 0 Å². The molecule has 0 spiro atoms. The number of rotatable bonds is 7. The third-order valence-corrected chi connectivity index (χ3v) is 3.33. The Morgan fingerprint density at radius 1 is 1.40 bits per heavy atom. The summed E-state index contributed by atoms with van der Waals surface area (Å²) in [6.07, 6.45) is 2.05. The van der Waals surface area contributed by atoms with Crippen LogP contribution >= 0.6 is 0 Å². The molecule has 2 rings (SSSR count). The van der Waals surface area contributed by atoms with Gasteiger partial charge in [0.25, 0.3) is 5.91 Å². The van der Waals surface area contributed by atoms with Crippen molar-refractivity contribution in [3.63, 3.8) is 0 Å². The lowest BCUT2D eigenvalue weighted by Crippen LogP contribution is -2.30. The van der Waals surface area contributed by atoms with Crippen LogP contribution < -0.4 is 14.8 Å². The Bertz CT molecular complexity index is 430. The highest BCUT2D eigenvalue weighted by atomic mass is 16.5. The summed E-state index contributed by atoms with van der Waals surface area (Å²) in [5.41, 5.74) is 0. The van der Waals surface area contributed by atoms with E-state index in [9.17, 15) is 4.79 Å². The van der Waals surface area contributed by atoms with E-state index >= 15 is 0 Å². The molecule has 0 aliphatic carbocycles. The topological polar surface area (TPSA) is 56.8 Å². The second-order valence-corrected chi connectivity index (χ2v) is 4.81. The molecule has 1 aliphatic rings. The zero-order valence-electron chi connectivity index (χ0n) is 11.8. The monoisotopic (exact) mass is 279 g/mol. The van der Waals surface area contributed by atoms with Gasteiger partial charge >= 0.3 is 0 Å². The maximum absolute atomic E-state index is 11.7. The molecule has 1 saturated heterocycles. The number of para-hydroxylation sites is 2. The van der Waals surface area contributed by atoms with Gasteiger partial charge in [0, 0.05) is 19.8 Å². The Balaban J connectivity index is 1.66.